The number of phenolic OH excluding ortho intramolecular Hbond substituents is 1. The summed E-state index contributed by atoms with van der Waals surface area (Å²) < 4.78 is 5.42. The Labute approximate surface area is 195 Å². The third-order valence-corrected chi connectivity index (χ3v) is 5.10. The molecule has 0 unspecified atom stereocenters. The van der Waals surface area contributed by atoms with Gasteiger partial charge in [-0.2, -0.15) is 5.10 Å². The smallest absolute Gasteiger partial charge is 0.410 e. The van der Waals surface area contributed by atoms with E-state index in [2.05, 4.69) is 15.8 Å². The number of likely N-dealkylation sites (tertiary alicyclic amines) is 1. The molecule has 1 aliphatic rings. The van der Waals surface area contributed by atoms with E-state index in [0.29, 0.717) is 37.9 Å². The third-order valence-electron chi connectivity index (χ3n) is 5.10. The van der Waals surface area contributed by atoms with Crippen LogP contribution in [-0.4, -0.2) is 52.3 Å². The van der Waals surface area contributed by atoms with Gasteiger partial charge in [0.15, 0.2) is 0 Å². The highest BCUT2D eigenvalue weighted by molar-refractivity contribution is 5.92. The number of amides is 3. The fourth-order valence-electron chi connectivity index (χ4n) is 3.46. The van der Waals surface area contributed by atoms with Crippen LogP contribution in [0.1, 0.15) is 72.1 Å². The number of nitrogens with one attached hydrogen (secondary N) is 2. The summed E-state index contributed by atoms with van der Waals surface area (Å²) in [5.41, 5.74) is 2.38. The van der Waals surface area contributed by atoms with Crippen LogP contribution in [0.2, 0.25) is 0 Å². The fraction of sp³-hybridized carbons (Fsp3) is 0.583. The Balaban J connectivity index is 1.57. The standard InChI is InChI=1S/C24H36N4O5/c1-24(2,3)33-23(32)28-16-10-11-18(28)17-25-27-22(31)15-7-5-4-6-14-21(30)26-19-12-8-9-13-20(19)29/h8-9,12-13,17-18,29H,4-7,10-11,14-16H2,1-3H3,(H,26,30)(H,27,31)/b25-17+/t18-/m0/s1. The number of hydrogen-bond donors (Lipinski definition) is 3. The van der Waals surface area contributed by atoms with Crippen LogP contribution in [0.5, 0.6) is 5.75 Å². The van der Waals surface area contributed by atoms with Crippen LogP contribution < -0.4 is 10.7 Å². The number of carbonyl (C=O) groups is 3. The van der Waals surface area contributed by atoms with Gasteiger partial charge < -0.3 is 20.1 Å². The molecular formula is C24H36N4O5. The molecule has 1 aromatic rings. The van der Waals surface area contributed by atoms with Gasteiger partial charge in [-0.3, -0.25) is 9.59 Å². The maximum absolute atomic E-state index is 12.3. The fourth-order valence-corrected chi connectivity index (χ4v) is 3.46. The Morgan fingerprint density at radius 3 is 2.45 bits per heavy atom. The summed E-state index contributed by atoms with van der Waals surface area (Å²) in [4.78, 5) is 37.8. The first-order valence-corrected chi connectivity index (χ1v) is 11.6. The summed E-state index contributed by atoms with van der Waals surface area (Å²) in [5, 5.41) is 16.4. The number of unbranched alkanes of at least 4 members (excludes halogenated alkanes) is 3. The van der Waals surface area contributed by atoms with Gasteiger partial charge in [-0.1, -0.05) is 25.0 Å². The lowest BCUT2D eigenvalue weighted by Crippen LogP contribution is -2.40. The number of anilines is 1. The molecule has 3 N–H and O–H groups in total. The first-order chi connectivity index (χ1) is 15.7. The Kier molecular flexibility index (Phi) is 10.2. The molecule has 1 fully saturated rings. The maximum Gasteiger partial charge on any atom is 0.410 e. The van der Waals surface area contributed by atoms with Gasteiger partial charge in [0.05, 0.1) is 11.7 Å². The van der Waals surface area contributed by atoms with E-state index in [-0.39, 0.29) is 29.7 Å². The molecule has 9 heteroatoms. The summed E-state index contributed by atoms with van der Waals surface area (Å²) in [5.74, 6) is -0.272. The summed E-state index contributed by atoms with van der Waals surface area (Å²) in [7, 11) is 0. The van der Waals surface area contributed by atoms with Crippen molar-refractivity contribution in [3.05, 3.63) is 24.3 Å². The summed E-state index contributed by atoms with van der Waals surface area (Å²) >= 11 is 0. The molecule has 1 aliphatic heterocycles. The second-order valence-electron chi connectivity index (χ2n) is 9.18. The van der Waals surface area contributed by atoms with Gasteiger partial charge in [0.25, 0.3) is 0 Å². The van der Waals surface area contributed by atoms with Gasteiger partial charge in [0.1, 0.15) is 11.4 Å². The van der Waals surface area contributed by atoms with Gasteiger partial charge in [0, 0.05) is 25.6 Å². The Hall–Kier alpha value is -3.10. The zero-order chi connectivity index (χ0) is 24.3. The number of hydrogen-bond acceptors (Lipinski definition) is 6. The molecule has 0 aromatic heterocycles. The number of nitrogens with zero attached hydrogens (tertiary/aromatic N) is 2. The second kappa shape index (κ2) is 12.8. The van der Waals surface area contributed by atoms with E-state index < -0.39 is 5.60 Å². The van der Waals surface area contributed by atoms with Crippen molar-refractivity contribution in [1.82, 2.24) is 10.3 Å². The van der Waals surface area contributed by atoms with E-state index in [9.17, 15) is 19.5 Å². The van der Waals surface area contributed by atoms with E-state index in [1.165, 1.54) is 6.07 Å². The van der Waals surface area contributed by atoms with Crippen molar-refractivity contribution in [3.8, 4) is 5.75 Å². The predicted molar refractivity (Wildman–Crippen MR) is 127 cm³/mol. The highest BCUT2D eigenvalue weighted by Crippen LogP contribution is 2.22. The Morgan fingerprint density at radius 2 is 1.79 bits per heavy atom. The minimum Gasteiger partial charge on any atom is -0.506 e. The topological polar surface area (TPSA) is 120 Å². The van der Waals surface area contributed by atoms with Gasteiger partial charge in [-0.05, 0) is 58.6 Å². The van der Waals surface area contributed by atoms with Crippen molar-refractivity contribution in [2.24, 2.45) is 5.10 Å². The van der Waals surface area contributed by atoms with Gasteiger partial charge in [0.2, 0.25) is 11.8 Å². The van der Waals surface area contributed by atoms with Crippen molar-refractivity contribution in [1.29, 1.82) is 0 Å². The highest BCUT2D eigenvalue weighted by Gasteiger charge is 2.31. The molecule has 2 rings (SSSR count). The van der Waals surface area contributed by atoms with Crippen LogP contribution in [-0.2, 0) is 14.3 Å². The molecule has 1 aromatic carbocycles. The van der Waals surface area contributed by atoms with Crippen molar-refractivity contribution in [2.45, 2.75) is 83.8 Å². The molecule has 1 saturated heterocycles. The summed E-state index contributed by atoms with van der Waals surface area (Å²) in [6, 6.07) is 6.44. The zero-order valence-corrected chi connectivity index (χ0v) is 19.8. The number of aromatic hydroxyl groups is 1. The molecule has 9 nitrogen and oxygen atoms in total. The number of benzene rings is 1. The van der Waals surface area contributed by atoms with Crippen molar-refractivity contribution in [2.75, 3.05) is 11.9 Å². The molecule has 0 radical (unpaired) electrons. The van der Waals surface area contributed by atoms with Crippen LogP contribution in [0.15, 0.2) is 29.4 Å². The van der Waals surface area contributed by atoms with Crippen LogP contribution in [0, 0.1) is 0 Å². The van der Waals surface area contributed by atoms with Crippen LogP contribution >= 0.6 is 0 Å². The zero-order valence-electron chi connectivity index (χ0n) is 19.8. The molecule has 1 heterocycles. The molecule has 3 amide bonds. The summed E-state index contributed by atoms with van der Waals surface area (Å²) in [6.45, 7) is 6.10. The lowest BCUT2D eigenvalue weighted by Gasteiger charge is -2.26. The first-order valence-electron chi connectivity index (χ1n) is 11.6. The number of ether oxygens (including phenoxy) is 1. The molecule has 0 spiro atoms. The molecule has 0 saturated carbocycles. The van der Waals surface area contributed by atoms with Crippen molar-refractivity contribution < 1.29 is 24.2 Å². The molecule has 182 valence electrons. The predicted octanol–water partition coefficient (Wildman–Crippen LogP) is 4.17. The van der Waals surface area contributed by atoms with E-state index in [1.54, 1.807) is 29.3 Å². The highest BCUT2D eigenvalue weighted by atomic mass is 16.6. The number of phenols is 1. The van der Waals surface area contributed by atoms with Crippen LogP contribution in [0.4, 0.5) is 10.5 Å². The van der Waals surface area contributed by atoms with E-state index in [4.69, 9.17) is 4.74 Å². The normalized spacial score (nSPS) is 16.1. The quantitative estimate of drug-likeness (QED) is 0.209. The van der Waals surface area contributed by atoms with Gasteiger partial charge in [-0.25, -0.2) is 10.2 Å². The van der Waals surface area contributed by atoms with E-state index in [1.807, 2.05) is 20.8 Å². The Bertz CT molecular complexity index is 834. The van der Waals surface area contributed by atoms with Crippen molar-refractivity contribution in [3.63, 3.8) is 0 Å². The minimum atomic E-state index is -0.551. The average Bonchev–Trinajstić information content (AvgIpc) is 3.20. The summed E-state index contributed by atoms with van der Waals surface area (Å²) in [6.07, 6.45) is 6.67. The molecule has 33 heavy (non-hydrogen) atoms. The number of carbonyl (C=O) groups excluding carboxylic acids is 3. The minimum absolute atomic E-state index is 0.0463. The maximum atomic E-state index is 12.3. The number of rotatable bonds is 10. The molecular weight excluding hydrogens is 424 g/mol. The Morgan fingerprint density at radius 1 is 1.12 bits per heavy atom. The van der Waals surface area contributed by atoms with Crippen LogP contribution in [0.3, 0.4) is 0 Å². The van der Waals surface area contributed by atoms with Gasteiger partial charge >= 0.3 is 6.09 Å². The number of para-hydroxylation sites is 2. The lowest BCUT2D eigenvalue weighted by molar-refractivity contribution is -0.121. The molecule has 1 atom stereocenters. The SMILES string of the molecule is CC(C)(C)OC(=O)N1CCC[C@H]1/C=N/NC(=O)CCCCCCC(=O)Nc1ccccc1O. The molecule has 0 aliphatic carbocycles. The first kappa shape index (κ1) is 26.2. The monoisotopic (exact) mass is 460 g/mol. The molecule has 0 bridgehead atoms. The van der Waals surface area contributed by atoms with Crippen LogP contribution in [0.25, 0.3) is 0 Å². The third kappa shape index (κ3) is 9.93. The van der Waals surface area contributed by atoms with Crippen molar-refractivity contribution >= 4 is 29.8 Å². The van der Waals surface area contributed by atoms with E-state index >= 15 is 0 Å². The second-order valence-corrected chi connectivity index (χ2v) is 9.18. The lowest BCUT2D eigenvalue weighted by atomic mass is 10.1. The largest absolute Gasteiger partial charge is 0.506 e. The van der Waals surface area contributed by atoms with E-state index in [0.717, 1.165) is 25.7 Å². The van der Waals surface area contributed by atoms with Gasteiger partial charge in [-0.15, -0.1) is 0 Å². The number of hydrazone groups is 1. The average molecular weight is 461 g/mol.